The van der Waals surface area contributed by atoms with Crippen molar-refractivity contribution in [2.75, 3.05) is 0 Å². The molecule has 0 N–H and O–H groups in total. The van der Waals surface area contributed by atoms with Gasteiger partial charge in [0, 0.05) is 0 Å². The Morgan fingerprint density at radius 2 is 1.05 bits per heavy atom. The van der Waals surface area contributed by atoms with Crippen LogP contribution in [-0.2, 0) is 0 Å². The molecule has 0 aliphatic heterocycles. The van der Waals surface area contributed by atoms with E-state index in [9.17, 15) is 0 Å². The Balaban J connectivity index is 2.18. The summed E-state index contributed by atoms with van der Waals surface area (Å²) in [5, 5.41) is 0. The summed E-state index contributed by atoms with van der Waals surface area (Å²) in [6.07, 6.45) is 27.3. The van der Waals surface area contributed by atoms with Crippen LogP contribution in [0, 0.1) is 0 Å². The molecule has 0 heteroatoms. The molecule has 0 atom stereocenters. The Hall–Kier alpha value is -2.86. The van der Waals surface area contributed by atoms with Crippen LogP contribution in [0.1, 0.15) is 5.56 Å². The largest absolute Gasteiger partial charge is 0.0623 e. The summed E-state index contributed by atoms with van der Waals surface area (Å²) in [7, 11) is 0. The van der Waals surface area contributed by atoms with Crippen molar-refractivity contribution in [1.29, 1.82) is 0 Å². The molecule has 22 heavy (non-hydrogen) atoms. The van der Waals surface area contributed by atoms with Gasteiger partial charge in [-0.2, -0.15) is 0 Å². The van der Waals surface area contributed by atoms with Gasteiger partial charge in [-0.15, -0.1) is 0 Å². The third kappa shape index (κ3) is 3.42. The quantitative estimate of drug-likeness (QED) is 0.617. The Morgan fingerprint density at radius 1 is 0.455 bits per heavy atom. The van der Waals surface area contributed by atoms with Gasteiger partial charge in [0.1, 0.15) is 0 Å². The van der Waals surface area contributed by atoms with E-state index in [1.165, 1.54) is 22.3 Å². The van der Waals surface area contributed by atoms with Crippen molar-refractivity contribution >= 4 is 5.57 Å². The van der Waals surface area contributed by atoms with E-state index < -0.39 is 0 Å². The van der Waals surface area contributed by atoms with Crippen LogP contribution in [0.5, 0.6) is 0 Å². The van der Waals surface area contributed by atoms with E-state index in [1.807, 2.05) is 6.08 Å². The number of rotatable bonds is 1. The summed E-state index contributed by atoms with van der Waals surface area (Å²) in [5.41, 5.74) is 4.87. The van der Waals surface area contributed by atoms with Crippen LogP contribution in [0.15, 0.2) is 120 Å². The molecule has 0 aromatic heterocycles. The lowest BCUT2D eigenvalue weighted by Crippen LogP contribution is -1.93. The number of hydrogen-bond acceptors (Lipinski definition) is 0. The average molecular weight is 282 g/mol. The Labute approximate surface area is 132 Å². The van der Waals surface area contributed by atoms with Crippen LogP contribution in [-0.4, -0.2) is 0 Å². The van der Waals surface area contributed by atoms with Crippen molar-refractivity contribution in [3.63, 3.8) is 0 Å². The van der Waals surface area contributed by atoms with Gasteiger partial charge in [0.15, 0.2) is 0 Å². The minimum absolute atomic E-state index is 1.20. The molecule has 2 aliphatic carbocycles. The van der Waals surface area contributed by atoms with E-state index in [1.54, 1.807) is 0 Å². The van der Waals surface area contributed by atoms with Gasteiger partial charge < -0.3 is 0 Å². The molecule has 106 valence electrons. The molecule has 0 radical (unpaired) electrons. The molecule has 3 rings (SSSR count). The normalized spacial score (nSPS) is 28.5. The van der Waals surface area contributed by atoms with E-state index in [4.69, 9.17) is 0 Å². The molecular weight excluding hydrogens is 264 g/mol. The fourth-order valence-corrected chi connectivity index (χ4v) is 2.48. The first kappa shape index (κ1) is 14.1. The molecule has 0 bridgehead atoms. The zero-order valence-electron chi connectivity index (χ0n) is 12.4. The first-order valence-corrected chi connectivity index (χ1v) is 7.48. The second-order valence-electron chi connectivity index (χ2n) is 5.05. The van der Waals surface area contributed by atoms with Crippen molar-refractivity contribution in [3.8, 4) is 0 Å². The molecule has 2 aliphatic rings. The highest BCUT2D eigenvalue weighted by Crippen LogP contribution is 2.30. The number of hydrogen-bond donors (Lipinski definition) is 0. The van der Waals surface area contributed by atoms with E-state index in [0.717, 1.165) is 0 Å². The van der Waals surface area contributed by atoms with Gasteiger partial charge >= 0.3 is 0 Å². The second kappa shape index (κ2) is 7.24. The topological polar surface area (TPSA) is 0 Å². The predicted molar refractivity (Wildman–Crippen MR) is 96.3 cm³/mol. The van der Waals surface area contributed by atoms with Crippen LogP contribution in [0.4, 0.5) is 0 Å². The maximum absolute atomic E-state index is 2.18. The molecule has 0 heterocycles. The number of allylic oxidation sites excluding steroid dienone is 16. The maximum Gasteiger partial charge on any atom is -0.0105 e. The third-order valence-electron chi connectivity index (χ3n) is 3.54. The monoisotopic (exact) mass is 282 g/mol. The third-order valence-corrected chi connectivity index (χ3v) is 3.54. The van der Waals surface area contributed by atoms with Crippen molar-refractivity contribution < 1.29 is 0 Å². The molecule has 0 amide bonds. The van der Waals surface area contributed by atoms with Crippen molar-refractivity contribution in [2.24, 2.45) is 0 Å². The van der Waals surface area contributed by atoms with E-state index in [0.29, 0.717) is 0 Å². The van der Waals surface area contributed by atoms with Crippen LogP contribution >= 0.6 is 0 Å². The van der Waals surface area contributed by atoms with Crippen LogP contribution in [0.25, 0.3) is 5.57 Å². The SMILES string of the molecule is C1=C\C=C/C2=C/C=C\C=C/C=C(c3ccccc3)\C2=C\C=C1. The summed E-state index contributed by atoms with van der Waals surface area (Å²) < 4.78 is 0. The van der Waals surface area contributed by atoms with Crippen molar-refractivity contribution in [1.82, 2.24) is 0 Å². The van der Waals surface area contributed by atoms with Crippen LogP contribution in [0.2, 0.25) is 0 Å². The summed E-state index contributed by atoms with van der Waals surface area (Å²) in [4.78, 5) is 0. The minimum atomic E-state index is 1.20. The smallest absolute Gasteiger partial charge is 0.0105 e. The van der Waals surface area contributed by atoms with Gasteiger partial charge in [0.05, 0.1) is 0 Å². The Bertz CT molecular complexity index is 758. The van der Waals surface area contributed by atoms with Gasteiger partial charge in [-0.1, -0.05) is 109 Å². The molecule has 0 fully saturated rings. The van der Waals surface area contributed by atoms with Crippen molar-refractivity contribution in [3.05, 3.63) is 126 Å². The molecular formula is C22H18. The van der Waals surface area contributed by atoms with Gasteiger partial charge in [0.2, 0.25) is 0 Å². The molecule has 0 unspecified atom stereocenters. The highest BCUT2D eigenvalue weighted by Gasteiger charge is 2.10. The lowest BCUT2D eigenvalue weighted by Gasteiger charge is -2.13. The predicted octanol–water partition coefficient (Wildman–Crippen LogP) is 5.73. The Morgan fingerprint density at radius 3 is 1.82 bits per heavy atom. The van der Waals surface area contributed by atoms with E-state index in [-0.39, 0.29) is 0 Å². The van der Waals surface area contributed by atoms with Gasteiger partial charge in [0.25, 0.3) is 0 Å². The zero-order valence-corrected chi connectivity index (χ0v) is 12.4. The lowest BCUT2D eigenvalue weighted by molar-refractivity contribution is 1.51. The zero-order chi connectivity index (χ0) is 15.0. The molecule has 0 nitrogen and oxygen atoms in total. The van der Waals surface area contributed by atoms with Crippen molar-refractivity contribution in [2.45, 2.75) is 0 Å². The Kier molecular flexibility index (Phi) is 4.63. The van der Waals surface area contributed by atoms with Crippen LogP contribution in [0.3, 0.4) is 0 Å². The van der Waals surface area contributed by atoms with E-state index >= 15 is 0 Å². The molecule has 0 saturated carbocycles. The molecule has 1 aromatic rings. The van der Waals surface area contributed by atoms with E-state index in [2.05, 4.69) is 103 Å². The summed E-state index contributed by atoms with van der Waals surface area (Å²) in [6, 6.07) is 10.5. The van der Waals surface area contributed by atoms with Crippen LogP contribution < -0.4 is 0 Å². The lowest BCUT2D eigenvalue weighted by atomic mass is 9.91. The number of benzene rings is 1. The highest BCUT2D eigenvalue weighted by atomic mass is 14.1. The first-order chi connectivity index (χ1) is 10.9. The first-order valence-electron chi connectivity index (χ1n) is 7.48. The summed E-state index contributed by atoms with van der Waals surface area (Å²) in [5.74, 6) is 0. The summed E-state index contributed by atoms with van der Waals surface area (Å²) >= 11 is 0. The second-order valence-corrected chi connectivity index (χ2v) is 5.05. The maximum atomic E-state index is 2.18. The fourth-order valence-electron chi connectivity index (χ4n) is 2.48. The van der Waals surface area contributed by atoms with Gasteiger partial charge in [-0.25, -0.2) is 0 Å². The minimum Gasteiger partial charge on any atom is -0.0623 e. The fraction of sp³-hybridized carbons (Fsp3) is 0. The molecule has 0 spiro atoms. The average Bonchev–Trinajstić information content (AvgIpc) is 2.73. The standard InChI is InChI=1S/C22H18/c1-2-7-13-19-14-8-4-5-12-18-22(21(19)17-11-3-1)20-15-9-6-10-16-20/h1-18H/b2-1?,3-1?,5-4?,7-2?,8-4-,11-3?,12-5-,13-7-,14-8?,17-11?,18-12?,19-13?,19-14-,21-17+,22-18-,22-21?. The molecule has 1 aromatic carbocycles. The summed E-state index contributed by atoms with van der Waals surface area (Å²) in [6.45, 7) is 0. The highest BCUT2D eigenvalue weighted by molar-refractivity contribution is 5.86. The molecule has 0 saturated heterocycles. The van der Waals surface area contributed by atoms with Gasteiger partial charge in [-0.05, 0) is 22.3 Å². The number of fused-ring (bicyclic) bond motifs is 1. The van der Waals surface area contributed by atoms with Gasteiger partial charge in [-0.3, -0.25) is 0 Å².